The number of rotatable bonds is 6. The maximum atomic E-state index is 3.41. The molecule has 0 aliphatic heterocycles. The molecule has 1 unspecified atom stereocenters. The van der Waals surface area contributed by atoms with Crippen LogP contribution in [-0.4, -0.2) is 13.1 Å². The van der Waals surface area contributed by atoms with Crippen LogP contribution in [0.5, 0.6) is 0 Å². The van der Waals surface area contributed by atoms with E-state index in [2.05, 4.69) is 33.0 Å². The van der Waals surface area contributed by atoms with Crippen LogP contribution in [0.1, 0.15) is 40.5 Å². The summed E-state index contributed by atoms with van der Waals surface area (Å²) in [5.41, 5.74) is 0. The van der Waals surface area contributed by atoms with Crippen molar-refractivity contribution >= 4 is 0 Å². The van der Waals surface area contributed by atoms with Crippen LogP contribution in [0, 0.1) is 11.8 Å². The lowest BCUT2D eigenvalue weighted by atomic mass is 9.91. The number of nitrogens with one attached hydrogen (secondary N) is 1. The molecule has 1 atom stereocenters. The summed E-state index contributed by atoms with van der Waals surface area (Å²) in [6.45, 7) is 11.4. The summed E-state index contributed by atoms with van der Waals surface area (Å²) in [5, 5.41) is 3.41. The fourth-order valence-corrected chi connectivity index (χ4v) is 1.37. The second-order valence-corrected chi connectivity index (χ2v) is 3.60. The van der Waals surface area contributed by atoms with Crippen molar-refractivity contribution in [2.75, 3.05) is 13.1 Å². The van der Waals surface area contributed by atoms with Crippen molar-refractivity contribution in [2.45, 2.75) is 40.5 Å². The van der Waals surface area contributed by atoms with Crippen molar-refractivity contribution in [1.29, 1.82) is 0 Å². The summed E-state index contributed by atoms with van der Waals surface area (Å²) in [7, 11) is 0. The van der Waals surface area contributed by atoms with Crippen LogP contribution in [0.2, 0.25) is 0 Å². The minimum atomic E-state index is 0.828. The van der Waals surface area contributed by atoms with Crippen molar-refractivity contribution < 1.29 is 0 Å². The first-order valence-corrected chi connectivity index (χ1v) is 4.93. The zero-order chi connectivity index (χ0) is 8.69. The molecular weight excluding hydrogens is 134 g/mol. The van der Waals surface area contributed by atoms with E-state index >= 15 is 0 Å². The Balaban J connectivity index is 3.51. The van der Waals surface area contributed by atoms with Crippen LogP contribution < -0.4 is 5.32 Å². The number of hydrogen-bond acceptors (Lipinski definition) is 1. The molecule has 0 bridgehead atoms. The summed E-state index contributed by atoms with van der Waals surface area (Å²) in [5.74, 6) is 1.70. The van der Waals surface area contributed by atoms with Gasteiger partial charge in [-0.1, -0.05) is 34.1 Å². The molecule has 1 N–H and O–H groups in total. The Hall–Kier alpha value is -0.0400. The second kappa shape index (κ2) is 6.66. The third kappa shape index (κ3) is 5.25. The lowest BCUT2D eigenvalue weighted by molar-refractivity contribution is 0.341. The van der Waals surface area contributed by atoms with Crippen LogP contribution in [0.25, 0.3) is 0 Å². The predicted octanol–water partition coefficient (Wildman–Crippen LogP) is 2.67. The quantitative estimate of drug-likeness (QED) is 0.625. The highest BCUT2D eigenvalue weighted by Crippen LogP contribution is 2.15. The van der Waals surface area contributed by atoms with E-state index in [4.69, 9.17) is 0 Å². The molecule has 0 saturated heterocycles. The van der Waals surface area contributed by atoms with Gasteiger partial charge in [-0.15, -0.1) is 0 Å². The molecule has 1 nitrogen and oxygen atoms in total. The van der Waals surface area contributed by atoms with Crippen LogP contribution in [0.3, 0.4) is 0 Å². The zero-order valence-electron chi connectivity index (χ0n) is 8.48. The fourth-order valence-electron chi connectivity index (χ4n) is 1.37. The summed E-state index contributed by atoms with van der Waals surface area (Å²) in [6, 6.07) is 0. The zero-order valence-corrected chi connectivity index (χ0v) is 8.48. The van der Waals surface area contributed by atoms with Gasteiger partial charge >= 0.3 is 0 Å². The molecule has 11 heavy (non-hydrogen) atoms. The van der Waals surface area contributed by atoms with Gasteiger partial charge in [0.1, 0.15) is 0 Å². The van der Waals surface area contributed by atoms with Crippen LogP contribution >= 0.6 is 0 Å². The highest BCUT2D eigenvalue weighted by Gasteiger charge is 2.10. The molecule has 0 spiro atoms. The van der Waals surface area contributed by atoms with Crippen molar-refractivity contribution in [3.8, 4) is 0 Å². The maximum Gasteiger partial charge on any atom is -0.00182 e. The third-order valence-corrected chi connectivity index (χ3v) is 2.26. The van der Waals surface area contributed by atoms with Gasteiger partial charge in [-0.05, 0) is 31.3 Å². The molecule has 0 radical (unpaired) electrons. The molecule has 0 aliphatic rings. The first-order chi connectivity index (χ1) is 5.22. The molecule has 68 valence electrons. The summed E-state index contributed by atoms with van der Waals surface area (Å²) in [4.78, 5) is 0. The van der Waals surface area contributed by atoms with E-state index < -0.39 is 0 Å². The topological polar surface area (TPSA) is 12.0 Å². The largest absolute Gasteiger partial charge is 0.317 e. The minimum absolute atomic E-state index is 0.828. The van der Waals surface area contributed by atoms with Gasteiger partial charge in [-0.3, -0.25) is 0 Å². The predicted molar refractivity (Wildman–Crippen MR) is 51.8 cm³/mol. The molecule has 0 aromatic rings. The molecule has 0 heterocycles. The molecule has 0 fully saturated rings. The smallest absolute Gasteiger partial charge is 0.00182 e. The van der Waals surface area contributed by atoms with E-state index in [9.17, 15) is 0 Å². The van der Waals surface area contributed by atoms with E-state index in [0.717, 1.165) is 18.4 Å². The average Bonchev–Trinajstić information content (AvgIpc) is 1.97. The van der Waals surface area contributed by atoms with Gasteiger partial charge in [-0.2, -0.15) is 0 Å². The fraction of sp³-hybridized carbons (Fsp3) is 1.00. The Labute approximate surface area is 71.6 Å². The Morgan fingerprint density at radius 2 is 1.82 bits per heavy atom. The summed E-state index contributed by atoms with van der Waals surface area (Å²) in [6.07, 6.45) is 2.68. The minimum Gasteiger partial charge on any atom is -0.317 e. The summed E-state index contributed by atoms with van der Waals surface area (Å²) >= 11 is 0. The monoisotopic (exact) mass is 157 g/mol. The molecular formula is C10H23N. The lowest BCUT2D eigenvalue weighted by Crippen LogP contribution is -2.25. The van der Waals surface area contributed by atoms with E-state index in [1.807, 2.05) is 0 Å². The Kier molecular flexibility index (Phi) is 6.63. The molecule has 0 aliphatic carbocycles. The standard InChI is InChI=1S/C10H23N/c1-5-7-10(9(3)4)8-11-6-2/h9-11H,5-8H2,1-4H3. The Morgan fingerprint density at radius 1 is 1.18 bits per heavy atom. The lowest BCUT2D eigenvalue weighted by Gasteiger charge is -2.20. The SMILES string of the molecule is CCCC(CNCC)C(C)C. The van der Waals surface area contributed by atoms with Crippen LogP contribution in [0.15, 0.2) is 0 Å². The Bertz CT molecular complexity index is 78.9. The summed E-state index contributed by atoms with van der Waals surface area (Å²) < 4.78 is 0. The highest BCUT2D eigenvalue weighted by atomic mass is 14.8. The van der Waals surface area contributed by atoms with Crippen LogP contribution in [-0.2, 0) is 0 Å². The van der Waals surface area contributed by atoms with Crippen molar-refractivity contribution in [3.63, 3.8) is 0 Å². The van der Waals surface area contributed by atoms with Gasteiger partial charge in [0, 0.05) is 0 Å². The van der Waals surface area contributed by atoms with Gasteiger partial charge in [-0.25, -0.2) is 0 Å². The Morgan fingerprint density at radius 3 is 2.18 bits per heavy atom. The second-order valence-electron chi connectivity index (χ2n) is 3.60. The molecule has 0 amide bonds. The first kappa shape index (κ1) is 11.0. The van der Waals surface area contributed by atoms with Crippen molar-refractivity contribution in [3.05, 3.63) is 0 Å². The van der Waals surface area contributed by atoms with E-state index in [1.165, 1.54) is 19.4 Å². The average molecular weight is 157 g/mol. The van der Waals surface area contributed by atoms with Gasteiger partial charge in [0.2, 0.25) is 0 Å². The maximum absolute atomic E-state index is 3.41. The number of hydrogen-bond donors (Lipinski definition) is 1. The van der Waals surface area contributed by atoms with E-state index in [1.54, 1.807) is 0 Å². The molecule has 0 saturated carbocycles. The van der Waals surface area contributed by atoms with Crippen molar-refractivity contribution in [1.82, 2.24) is 5.32 Å². The third-order valence-electron chi connectivity index (χ3n) is 2.26. The van der Waals surface area contributed by atoms with Gasteiger partial charge in [0.05, 0.1) is 0 Å². The van der Waals surface area contributed by atoms with Gasteiger partial charge in [0.15, 0.2) is 0 Å². The highest BCUT2D eigenvalue weighted by molar-refractivity contribution is 4.64. The van der Waals surface area contributed by atoms with Gasteiger partial charge < -0.3 is 5.32 Å². The normalized spacial score (nSPS) is 13.9. The molecule has 0 aromatic heterocycles. The first-order valence-electron chi connectivity index (χ1n) is 4.93. The molecule has 0 aromatic carbocycles. The van der Waals surface area contributed by atoms with Gasteiger partial charge in [0.25, 0.3) is 0 Å². The van der Waals surface area contributed by atoms with E-state index in [0.29, 0.717) is 0 Å². The van der Waals surface area contributed by atoms with Crippen LogP contribution in [0.4, 0.5) is 0 Å². The van der Waals surface area contributed by atoms with Crippen molar-refractivity contribution in [2.24, 2.45) is 11.8 Å². The molecule has 1 heteroatoms. The van der Waals surface area contributed by atoms with E-state index in [-0.39, 0.29) is 0 Å². The molecule has 0 rings (SSSR count).